The molecule has 1 N–H and O–H groups in total. The molecule has 0 atom stereocenters. The van der Waals surface area contributed by atoms with Crippen molar-refractivity contribution in [3.05, 3.63) is 87.9 Å². The number of carbonyl (C=O) groups is 1. The molecular formula is C26H24BrN5O2S. The van der Waals surface area contributed by atoms with Gasteiger partial charge in [0.2, 0.25) is 0 Å². The van der Waals surface area contributed by atoms with Crippen LogP contribution >= 0.6 is 27.7 Å². The quantitative estimate of drug-likeness (QED) is 0.176. The van der Waals surface area contributed by atoms with E-state index in [1.54, 1.807) is 13.3 Å². The van der Waals surface area contributed by atoms with E-state index in [2.05, 4.69) is 36.7 Å². The minimum absolute atomic E-state index is 0.140. The highest BCUT2D eigenvalue weighted by Gasteiger charge is 2.17. The summed E-state index contributed by atoms with van der Waals surface area (Å²) in [5, 5.41) is 13.5. The number of amides is 1. The number of nitrogens with one attached hydrogen (secondary N) is 1. The number of hydrazone groups is 1. The zero-order valence-electron chi connectivity index (χ0n) is 19.5. The van der Waals surface area contributed by atoms with Crippen LogP contribution in [0.2, 0.25) is 0 Å². The Morgan fingerprint density at radius 2 is 1.74 bits per heavy atom. The van der Waals surface area contributed by atoms with Gasteiger partial charge in [-0.3, -0.25) is 9.36 Å². The molecule has 0 spiro atoms. The number of aromatic nitrogens is 3. The third kappa shape index (κ3) is 6.17. The third-order valence-corrected chi connectivity index (χ3v) is 6.70. The molecule has 178 valence electrons. The first-order valence-electron chi connectivity index (χ1n) is 10.8. The van der Waals surface area contributed by atoms with Crippen LogP contribution in [-0.2, 0) is 4.79 Å². The second kappa shape index (κ2) is 11.3. The highest BCUT2D eigenvalue weighted by atomic mass is 79.9. The maximum atomic E-state index is 12.4. The molecule has 7 nitrogen and oxygen atoms in total. The highest BCUT2D eigenvalue weighted by molar-refractivity contribution is 9.10. The van der Waals surface area contributed by atoms with Crippen molar-refractivity contribution in [3.8, 4) is 22.8 Å². The smallest absolute Gasteiger partial charge is 0.250 e. The Hall–Kier alpha value is -3.43. The van der Waals surface area contributed by atoms with E-state index in [1.807, 2.05) is 85.1 Å². The van der Waals surface area contributed by atoms with Crippen molar-refractivity contribution in [2.24, 2.45) is 5.10 Å². The van der Waals surface area contributed by atoms with Crippen molar-refractivity contribution in [1.82, 2.24) is 20.2 Å². The molecular weight excluding hydrogens is 526 g/mol. The zero-order chi connectivity index (χ0) is 24.8. The van der Waals surface area contributed by atoms with Crippen LogP contribution in [0.5, 0.6) is 5.75 Å². The van der Waals surface area contributed by atoms with Crippen molar-refractivity contribution < 1.29 is 9.53 Å². The topological polar surface area (TPSA) is 81.4 Å². The second-order valence-electron chi connectivity index (χ2n) is 7.82. The fourth-order valence-electron chi connectivity index (χ4n) is 3.28. The summed E-state index contributed by atoms with van der Waals surface area (Å²) in [4.78, 5) is 12.4. The molecule has 0 saturated heterocycles. The summed E-state index contributed by atoms with van der Waals surface area (Å²) in [5.74, 6) is 1.35. The van der Waals surface area contributed by atoms with Gasteiger partial charge in [0.25, 0.3) is 5.91 Å². The van der Waals surface area contributed by atoms with E-state index >= 15 is 0 Å². The molecule has 0 aliphatic carbocycles. The van der Waals surface area contributed by atoms with Crippen LogP contribution in [-0.4, -0.2) is 39.7 Å². The summed E-state index contributed by atoms with van der Waals surface area (Å²) >= 11 is 4.74. The maximum Gasteiger partial charge on any atom is 0.250 e. The first-order valence-corrected chi connectivity index (χ1v) is 12.6. The van der Waals surface area contributed by atoms with Gasteiger partial charge in [0.1, 0.15) is 5.75 Å². The average Bonchev–Trinajstić information content (AvgIpc) is 3.28. The van der Waals surface area contributed by atoms with Crippen LogP contribution in [0.25, 0.3) is 17.1 Å². The average molecular weight is 550 g/mol. The summed E-state index contributed by atoms with van der Waals surface area (Å²) in [5.41, 5.74) is 7.61. The molecule has 1 heterocycles. The predicted molar refractivity (Wildman–Crippen MR) is 143 cm³/mol. The van der Waals surface area contributed by atoms with Gasteiger partial charge >= 0.3 is 0 Å². The maximum absolute atomic E-state index is 12.4. The summed E-state index contributed by atoms with van der Waals surface area (Å²) in [7, 11) is 1.61. The molecule has 1 amide bonds. The standard InChI is InChI=1S/C26H24BrN5O2S/c1-17-4-9-20(10-5-17)25-30-31-26(32(25)21-11-6-18(2)7-12-21)35-16-24(33)29-28-15-19-8-13-23(34-3)22(27)14-19/h4-15H,16H2,1-3H3,(H,29,33)/b28-15+. The molecule has 35 heavy (non-hydrogen) atoms. The van der Waals surface area contributed by atoms with Gasteiger partial charge in [-0.2, -0.15) is 5.10 Å². The van der Waals surface area contributed by atoms with Crippen molar-refractivity contribution in [1.29, 1.82) is 0 Å². The molecule has 0 bridgehead atoms. The fraction of sp³-hybridized carbons (Fsp3) is 0.154. The number of benzene rings is 3. The van der Waals surface area contributed by atoms with Gasteiger partial charge in [-0.25, -0.2) is 5.43 Å². The minimum atomic E-state index is -0.242. The fourth-order valence-corrected chi connectivity index (χ4v) is 4.59. The molecule has 0 radical (unpaired) electrons. The molecule has 0 saturated carbocycles. The summed E-state index contributed by atoms with van der Waals surface area (Å²) in [6.45, 7) is 4.09. The lowest BCUT2D eigenvalue weighted by Gasteiger charge is -2.11. The number of halogens is 1. The Bertz CT molecular complexity index is 1350. The summed E-state index contributed by atoms with van der Waals surface area (Å²) in [6, 6.07) is 21.8. The Labute approximate surface area is 216 Å². The number of carbonyl (C=O) groups excluding carboxylic acids is 1. The zero-order valence-corrected chi connectivity index (χ0v) is 21.9. The van der Waals surface area contributed by atoms with Crippen LogP contribution in [0.1, 0.15) is 16.7 Å². The molecule has 4 rings (SSSR count). The van der Waals surface area contributed by atoms with E-state index in [-0.39, 0.29) is 11.7 Å². The lowest BCUT2D eigenvalue weighted by atomic mass is 10.1. The van der Waals surface area contributed by atoms with Gasteiger partial charge in [-0.1, -0.05) is 59.3 Å². The summed E-state index contributed by atoms with van der Waals surface area (Å²) < 4.78 is 8.01. The number of nitrogens with zero attached hydrogens (tertiary/aromatic N) is 4. The molecule has 3 aromatic carbocycles. The van der Waals surface area contributed by atoms with Gasteiger partial charge in [-0.15, -0.1) is 10.2 Å². The number of thioether (sulfide) groups is 1. The molecule has 0 aliphatic rings. The van der Waals surface area contributed by atoms with E-state index in [0.717, 1.165) is 38.4 Å². The van der Waals surface area contributed by atoms with Gasteiger partial charge in [0.15, 0.2) is 11.0 Å². The van der Waals surface area contributed by atoms with Gasteiger partial charge in [0, 0.05) is 11.3 Å². The van der Waals surface area contributed by atoms with E-state index in [4.69, 9.17) is 4.74 Å². The Kier molecular flexibility index (Phi) is 7.99. The van der Waals surface area contributed by atoms with Gasteiger partial charge < -0.3 is 4.74 Å². The number of hydrogen-bond donors (Lipinski definition) is 1. The van der Waals surface area contributed by atoms with Crippen LogP contribution in [0.15, 0.2) is 81.5 Å². The predicted octanol–water partition coefficient (Wildman–Crippen LogP) is 5.56. The van der Waals surface area contributed by atoms with Crippen molar-refractivity contribution in [2.45, 2.75) is 19.0 Å². The minimum Gasteiger partial charge on any atom is -0.496 e. The number of hydrogen-bond acceptors (Lipinski definition) is 6. The van der Waals surface area contributed by atoms with Gasteiger partial charge in [-0.05, 0) is 65.7 Å². The normalized spacial score (nSPS) is 11.1. The van der Waals surface area contributed by atoms with Crippen LogP contribution in [0, 0.1) is 13.8 Å². The largest absolute Gasteiger partial charge is 0.496 e. The monoisotopic (exact) mass is 549 g/mol. The SMILES string of the molecule is COc1ccc(/C=N/NC(=O)CSc2nnc(-c3ccc(C)cc3)n2-c2ccc(C)cc2)cc1Br. The van der Waals surface area contributed by atoms with Crippen molar-refractivity contribution in [2.75, 3.05) is 12.9 Å². The Morgan fingerprint density at radius 3 is 2.40 bits per heavy atom. The summed E-state index contributed by atoms with van der Waals surface area (Å²) in [6.07, 6.45) is 1.58. The van der Waals surface area contributed by atoms with Crippen LogP contribution < -0.4 is 10.2 Å². The lowest BCUT2D eigenvalue weighted by molar-refractivity contribution is -0.118. The van der Waals surface area contributed by atoms with E-state index in [1.165, 1.54) is 17.3 Å². The van der Waals surface area contributed by atoms with Gasteiger partial charge in [0.05, 0.1) is 23.5 Å². The van der Waals surface area contributed by atoms with E-state index in [0.29, 0.717) is 5.16 Å². The van der Waals surface area contributed by atoms with E-state index < -0.39 is 0 Å². The van der Waals surface area contributed by atoms with Crippen molar-refractivity contribution in [3.63, 3.8) is 0 Å². The third-order valence-electron chi connectivity index (χ3n) is 5.15. The molecule has 9 heteroatoms. The van der Waals surface area contributed by atoms with Crippen LogP contribution in [0.3, 0.4) is 0 Å². The Morgan fingerprint density at radius 1 is 1.06 bits per heavy atom. The van der Waals surface area contributed by atoms with Crippen LogP contribution in [0.4, 0.5) is 0 Å². The van der Waals surface area contributed by atoms with Crippen molar-refractivity contribution >= 4 is 39.8 Å². The van der Waals surface area contributed by atoms with E-state index in [9.17, 15) is 4.79 Å². The molecule has 0 unspecified atom stereocenters. The molecule has 0 aliphatic heterocycles. The molecule has 1 aromatic heterocycles. The lowest BCUT2D eigenvalue weighted by Crippen LogP contribution is -2.20. The number of rotatable bonds is 8. The Balaban J connectivity index is 1.48. The molecule has 0 fully saturated rings. The first-order chi connectivity index (χ1) is 16.9. The number of ether oxygens (including phenoxy) is 1. The highest BCUT2D eigenvalue weighted by Crippen LogP contribution is 2.28. The number of methoxy groups -OCH3 is 1. The molecule has 4 aromatic rings. The first kappa shape index (κ1) is 24.7. The number of aryl methyl sites for hydroxylation is 2. The second-order valence-corrected chi connectivity index (χ2v) is 9.62.